The molecular formula is C9H12ClN3. The predicted molar refractivity (Wildman–Crippen MR) is 52.3 cm³/mol. The molecule has 70 valence electrons. The predicted octanol–water partition coefficient (Wildman–Crippen LogP) is 1.66. The average Bonchev–Trinajstić information content (AvgIpc) is 2.53. The van der Waals surface area contributed by atoms with Crippen LogP contribution >= 0.6 is 11.6 Å². The summed E-state index contributed by atoms with van der Waals surface area (Å²) < 4.78 is 0. The number of hydrogen-bond acceptors (Lipinski definition) is 3. The van der Waals surface area contributed by atoms with Gasteiger partial charge in [-0.25, -0.2) is 10.4 Å². The lowest BCUT2D eigenvalue weighted by Crippen LogP contribution is -2.28. The Bertz CT molecular complexity index is 285. The Kier molecular flexibility index (Phi) is 2.49. The lowest BCUT2D eigenvalue weighted by Gasteiger charge is -2.08. The second kappa shape index (κ2) is 3.62. The fourth-order valence-corrected chi connectivity index (χ4v) is 1.64. The van der Waals surface area contributed by atoms with Gasteiger partial charge in [0, 0.05) is 18.3 Å². The Morgan fingerprint density at radius 2 is 2.31 bits per heavy atom. The van der Waals surface area contributed by atoms with Crippen molar-refractivity contribution in [2.45, 2.75) is 25.4 Å². The molecule has 0 bridgehead atoms. The number of nitrogens with zero attached hydrogens (tertiary/aromatic N) is 1. The molecule has 0 amide bonds. The highest BCUT2D eigenvalue weighted by Gasteiger charge is 2.21. The van der Waals surface area contributed by atoms with Crippen molar-refractivity contribution in [3.63, 3.8) is 0 Å². The minimum atomic E-state index is 0.361. The van der Waals surface area contributed by atoms with Gasteiger partial charge < -0.3 is 0 Å². The van der Waals surface area contributed by atoms with Crippen LogP contribution in [0.25, 0.3) is 0 Å². The smallest absolute Gasteiger partial charge is 0.129 e. The zero-order valence-electron chi connectivity index (χ0n) is 7.42. The third-order valence-electron chi connectivity index (χ3n) is 2.25. The second-order valence-electron chi connectivity index (χ2n) is 3.39. The van der Waals surface area contributed by atoms with E-state index >= 15 is 0 Å². The van der Waals surface area contributed by atoms with E-state index in [1.54, 1.807) is 0 Å². The maximum absolute atomic E-state index is 5.70. The van der Waals surface area contributed by atoms with Gasteiger partial charge in [-0.15, -0.1) is 0 Å². The summed E-state index contributed by atoms with van der Waals surface area (Å²) in [5, 5.41) is 0.544. The molecule has 1 aromatic rings. The summed E-state index contributed by atoms with van der Waals surface area (Å²) in [6.07, 6.45) is 2.91. The molecule has 1 aliphatic rings. The number of pyridine rings is 1. The Balaban J connectivity index is 2.13. The van der Waals surface area contributed by atoms with Crippen molar-refractivity contribution in [1.82, 2.24) is 15.8 Å². The first kappa shape index (κ1) is 8.94. The second-order valence-corrected chi connectivity index (χ2v) is 3.78. The van der Waals surface area contributed by atoms with Crippen molar-refractivity contribution in [1.29, 1.82) is 0 Å². The van der Waals surface area contributed by atoms with Gasteiger partial charge in [0.1, 0.15) is 5.15 Å². The summed E-state index contributed by atoms with van der Waals surface area (Å²) in [6.45, 7) is 2.15. The number of nitrogens with one attached hydrogen (secondary N) is 2. The minimum Gasteiger partial charge on any atom is -0.254 e. The molecule has 1 aromatic heterocycles. The molecule has 2 unspecified atom stereocenters. The Morgan fingerprint density at radius 3 is 2.85 bits per heavy atom. The molecule has 1 saturated heterocycles. The van der Waals surface area contributed by atoms with Crippen molar-refractivity contribution < 1.29 is 0 Å². The molecule has 0 spiro atoms. The van der Waals surface area contributed by atoms with Gasteiger partial charge in [0.05, 0.1) is 0 Å². The summed E-state index contributed by atoms with van der Waals surface area (Å²) in [6, 6.07) is 4.70. The number of hydrazine groups is 1. The maximum Gasteiger partial charge on any atom is 0.129 e. The fraction of sp³-hybridized carbons (Fsp3) is 0.444. The van der Waals surface area contributed by atoms with E-state index in [9.17, 15) is 0 Å². The van der Waals surface area contributed by atoms with Gasteiger partial charge in [-0.3, -0.25) is 5.43 Å². The van der Waals surface area contributed by atoms with Gasteiger partial charge in [-0.1, -0.05) is 17.7 Å². The summed E-state index contributed by atoms with van der Waals surface area (Å²) >= 11 is 5.70. The van der Waals surface area contributed by atoms with Crippen LogP contribution in [-0.4, -0.2) is 11.0 Å². The van der Waals surface area contributed by atoms with Crippen LogP contribution in [0.15, 0.2) is 18.3 Å². The van der Waals surface area contributed by atoms with E-state index in [4.69, 9.17) is 11.6 Å². The van der Waals surface area contributed by atoms with Crippen LogP contribution in [0.5, 0.6) is 0 Å². The quantitative estimate of drug-likeness (QED) is 0.673. The molecular weight excluding hydrogens is 186 g/mol. The van der Waals surface area contributed by atoms with Crippen LogP contribution in [0, 0.1) is 0 Å². The fourth-order valence-electron chi connectivity index (χ4n) is 1.53. The molecule has 13 heavy (non-hydrogen) atoms. The highest BCUT2D eigenvalue weighted by Crippen LogP contribution is 2.21. The Hall–Kier alpha value is -0.640. The van der Waals surface area contributed by atoms with Crippen LogP contribution in [0.2, 0.25) is 5.15 Å². The van der Waals surface area contributed by atoms with E-state index in [1.165, 1.54) is 5.56 Å². The molecule has 0 aliphatic carbocycles. The average molecular weight is 198 g/mol. The van der Waals surface area contributed by atoms with E-state index < -0.39 is 0 Å². The molecule has 2 N–H and O–H groups in total. The van der Waals surface area contributed by atoms with E-state index in [-0.39, 0.29) is 0 Å². The first-order valence-electron chi connectivity index (χ1n) is 4.38. The van der Waals surface area contributed by atoms with Crippen LogP contribution in [0.4, 0.5) is 0 Å². The van der Waals surface area contributed by atoms with Crippen molar-refractivity contribution in [3.8, 4) is 0 Å². The molecule has 2 atom stereocenters. The molecule has 2 heterocycles. The minimum absolute atomic E-state index is 0.361. The first-order chi connectivity index (χ1) is 6.25. The number of hydrogen-bond donors (Lipinski definition) is 2. The van der Waals surface area contributed by atoms with E-state index in [2.05, 4.69) is 22.8 Å². The standard InChI is InChI=1S/C9H12ClN3/c1-6-4-8(13-12-6)7-2-3-9(10)11-5-7/h2-3,5-6,8,12-13H,4H2,1H3. The van der Waals surface area contributed by atoms with Gasteiger partial charge in [-0.05, 0) is 25.0 Å². The zero-order valence-corrected chi connectivity index (χ0v) is 8.17. The van der Waals surface area contributed by atoms with Crippen molar-refractivity contribution >= 4 is 11.6 Å². The van der Waals surface area contributed by atoms with Gasteiger partial charge in [-0.2, -0.15) is 0 Å². The van der Waals surface area contributed by atoms with Gasteiger partial charge in [0.15, 0.2) is 0 Å². The molecule has 0 aromatic carbocycles. The first-order valence-corrected chi connectivity index (χ1v) is 4.76. The largest absolute Gasteiger partial charge is 0.254 e. The monoisotopic (exact) mass is 197 g/mol. The van der Waals surface area contributed by atoms with E-state index in [0.717, 1.165) is 6.42 Å². The molecule has 0 radical (unpaired) electrons. The van der Waals surface area contributed by atoms with Crippen molar-refractivity contribution in [2.75, 3.05) is 0 Å². The van der Waals surface area contributed by atoms with E-state index in [1.807, 2.05) is 18.3 Å². The Morgan fingerprint density at radius 1 is 1.46 bits per heavy atom. The van der Waals surface area contributed by atoms with Crippen LogP contribution in [0.3, 0.4) is 0 Å². The molecule has 1 aliphatic heterocycles. The third-order valence-corrected chi connectivity index (χ3v) is 2.47. The van der Waals surface area contributed by atoms with Gasteiger partial charge in [0.25, 0.3) is 0 Å². The summed E-state index contributed by atoms with van der Waals surface area (Å²) in [5.74, 6) is 0. The molecule has 1 fully saturated rings. The normalized spacial score (nSPS) is 27.8. The maximum atomic E-state index is 5.70. The van der Waals surface area contributed by atoms with Crippen LogP contribution < -0.4 is 10.9 Å². The summed E-state index contributed by atoms with van der Waals surface area (Å²) in [5.41, 5.74) is 7.56. The van der Waals surface area contributed by atoms with E-state index in [0.29, 0.717) is 17.2 Å². The topological polar surface area (TPSA) is 37.0 Å². The summed E-state index contributed by atoms with van der Waals surface area (Å²) in [7, 11) is 0. The molecule has 4 heteroatoms. The highest BCUT2D eigenvalue weighted by atomic mass is 35.5. The van der Waals surface area contributed by atoms with Gasteiger partial charge >= 0.3 is 0 Å². The Labute approximate surface area is 82.5 Å². The number of aromatic nitrogens is 1. The lowest BCUT2D eigenvalue weighted by atomic mass is 10.1. The molecule has 3 nitrogen and oxygen atoms in total. The van der Waals surface area contributed by atoms with Gasteiger partial charge in [0.2, 0.25) is 0 Å². The number of halogens is 1. The SMILES string of the molecule is CC1CC(c2ccc(Cl)nc2)NN1. The van der Waals surface area contributed by atoms with Crippen molar-refractivity contribution in [3.05, 3.63) is 29.0 Å². The zero-order chi connectivity index (χ0) is 9.26. The lowest BCUT2D eigenvalue weighted by molar-refractivity contribution is 0.560. The number of rotatable bonds is 1. The summed E-state index contributed by atoms with van der Waals surface area (Å²) in [4.78, 5) is 4.05. The van der Waals surface area contributed by atoms with Crippen molar-refractivity contribution in [2.24, 2.45) is 0 Å². The molecule has 2 rings (SSSR count). The van der Waals surface area contributed by atoms with Crippen LogP contribution in [0.1, 0.15) is 24.9 Å². The molecule has 0 saturated carbocycles. The van der Waals surface area contributed by atoms with Crippen LogP contribution in [-0.2, 0) is 0 Å². The third kappa shape index (κ3) is 1.99. The highest BCUT2D eigenvalue weighted by molar-refractivity contribution is 6.29.